The minimum atomic E-state index is -0.969. The molecule has 1 fully saturated rings. The van der Waals surface area contributed by atoms with Gasteiger partial charge < -0.3 is 5.11 Å². The van der Waals surface area contributed by atoms with E-state index in [0.29, 0.717) is 10.0 Å². The third-order valence-corrected chi connectivity index (χ3v) is 3.92. The first-order valence-electron chi connectivity index (χ1n) is 6.01. The lowest BCUT2D eigenvalue weighted by atomic mass is 10.1. The molecule has 1 aliphatic rings. The SMILES string of the molecule is O=C(O)C(NC1CCCC1)c1ccc(Br)c(F)c1. The molecule has 1 atom stereocenters. The fourth-order valence-corrected chi connectivity index (χ4v) is 2.58. The number of rotatable bonds is 4. The summed E-state index contributed by atoms with van der Waals surface area (Å²) in [4.78, 5) is 11.3. The molecule has 1 saturated carbocycles. The number of hydrogen-bond acceptors (Lipinski definition) is 2. The summed E-state index contributed by atoms with van der Waals surface area (Å²) < 4.78 is 13.8. The first-order valence-corrected chi connectivity index (χ1v) is 6.81. The number of carboxylic acid groups (broad SMARTS) is 1. The maximum absolute atomic E-state index is 13.4. The van der Waals surface area contributed by atoms with Crippen LogP contribution in [-0.2, 0) is 4.79 Å². The normalized spacial score (nSPS) is 17.9. The van der Waals surface area contributed by atoms with E-state index >= 15 is 0 Å². The largest absolute Gasteiger partial charge is 0.480 e. The van der Waals surface area contributed by atoms with Gasteiger partial charge in [-0.2, -0.15) is 0 Å². The van der Waals surface area contributed by atoms with E-state index in [0.717, 1.165) is 25.7 Å². The van der Waals surface area contributed by atoms with E-state index in [4.69, 9.17) is 0 Å². The Morgan fingerprint density at radius 3 is 2.67 bits per heavy atom. The third kappa shape index (κ3) is 3.09. The van der Waals surface area contributed by atoms with E-state index in [9.17, 15) is 14.3 Å². The molecule has 0 radical (unpaired) electrons. The van der Waals surface area contributed by atoms with E-state index in [1.807, 2.05) is 0 Å². The molecule has 98 valence electrons. The second-order valence-electron chi connectivity index (χ2n) is 4.59. The third-order valence-electron chi connectivity index (χ3n) is 3.28. The molecule has 0 saturated heterocycles. The molecule has 0 amide bonds. The number of carbonyl (C=O) groups is 1. The zero-order valence-electron chi connectivity index (χ0n) is 9.83. The highest BCUT2D eigenvalue weighted by Gasteiger charge is 2.25. The number of benzene rings is 1. The summed E-state index contributed by atoms with van der Waals surface area (Å²) in [6.07, 6.45) is 4.23. The van der Waals surface area contributed by atoms with Crippen molar-refractivity contribution in [3.05, 3.63) is 34.1 Å². The van der Waals surface area contributed by atoms with Gasteiger partial charge >= 0.3 is 5.97 Å². The maximum atomic E-state index is 13.4. The van der Waals surface area contributed by atoms with E-state index in [-0.39, 0.29) is 6.04 Å². The molecule has 5 heteroatoms. The molecule has 1 aromatic rings. The van der Waals surface area contributed by atoms with Crippen LogP contribution in [0.4, 0.5) is 4.39 Å². The summed E-state index contributed by atoms with van der Waals surface area (Å²) in [6, 6.07) is 3.82. The lowest BCUT2D eigenvalue weighted by Crippen LogP contribution is -2.35. The monoisotopic (exact) mass is 315 g/mol. The number of halogens is 2. The fraction of sp³-hybridized carbons (Fsp3) is 0.462. The average Bonchev–Trinajstić information content (AvgIpc) is 2.82. The molecule has 0 bridgehead atoms. The van der Waals surface area contributed by atoms with Crippen LogP contribution >= 0.6 is 15.9 Å². The van der Waals surface area contributed by atoms with Crippen molar-refractivity contribution in [3.63, 3.8) is 0 Å². The van der Waals surface area contributed by atoms with Crippen LogP contribution in [0, 0.1) is 5.82 Å². The standard InChI is InChI=1S/C13H15BrFNO2/c14-10-6-5-8(7-11(10)15)12(13(17)18)16-9-3-1-2-4-9/h5-7,9,12,16H,1-4H2,(H,17,18). The van der Waals surface area contributed by atoms with Crippen LogP contribution < -0.4 is 5.32 Å². The first kappa shape index (κ1) is 13.5. The lowest BCUT2D eigenvalue weighted by Gasteiger charge is -2.20. The van der Waals surface area contributed by atoms with E-state index in [2.05, 4.69) is 21.2 Å². The van der Waals surface area contributed by atoms with Crippen molar-refractivity contribution < 1.29 is 14.3 Å². The van der Waals surface area contributed by atoms with Gasteiger partial charge in [0.1, 0.15) is 11.9 Å². The van der Waals surface area contributed by atoms with Gasteiger partial charge in [-0.3, -0.25) is 10.1 Å². The lowest BCUT2D eigenvalue weighted by molar-refractivity contribution is -0.139. The van der Waals surface area contributed by atoms with Crippen molar-refractivity contribution >= 4 is 21.9 Å². The van der Waals surface area contributed by atoms with Crippen molar-refractivity contribution in [2.75, 3.05) is 0 Å². The van der Waals surface area contributed by atoms with Crippen molar-refractivity contribution in [1.29, 1.82) is 0 Å². The van der Waals surface area contributed by atoms with E-state index < -0.39 is 17.8 Å². The summed E-state index contributed by atoms with van der Waals surface area (Å²) in [5.41, 5.74) is 0.454. The maximum Gasteiger partial charge on any atom is 0.325 e. The molecule has 2 rings (SSSR count). The van der Waals surface area contributed by atoms with Crippen LogP contribution in [0.5, 0.6) is 0 Å². The van der Waals surface area contributed by atoms with Crippen LogP contribution in [0.3, 0.4) is 0 Å². The van der Waals surface area contributed by atoms with Gasteiger partial charge in [0.05, 0.1) is 4.47 Å². The molecule has 1 aliphatic carbocycles. The highest BCUT2D eigenvalue weighted by atomic mass is 79.9. The summed E-state index contributed by atoms with van der Waals surface area (Å²) in [6.45, 7) is 0. The predicted octanol–water partition coefficient (Wildman–Crippen LogP) is 3.25. The molecule has 0 aliphatic heterocycles. The van der Waals surface area contributed by atoms with Gasteiger partial charge in [0.2, 0.25) is 0 Å². The quantitative estimate of drug-likeness (QED) is 0.896. The zero-order valence-corrected chi connectivity index (χ0v) is 11.4. The predicted molar refractivity (Wildman–Crippen MR) is 69.9 cm³/mol. The highest BCUT2D eigenvalue weighted by Crippen LogP contribution is 2.25. The van der Waals surface area contributed by atoms with Crippen molar-refractivity contribution in [2.24, 2.45) is 0 Å². The van der Waals surface area contributed by atoms with Gasteiger partial charge in [-0.25, -0.2) is 4.39 Å². The Labute approximate surface area is 114 Å². The van der Waals surface area contributed by atoms with Crippen molar-refractivity contribution in [3.8, 4) is 0 Å². The molecule has 2 N–H and O–H groups in total. The average molecular weight is 316 g/mol. The van der Waals surface area contributed by atoms with Crippen LogP contribution in [-0.4, -0.2) is 17.1 Å². The van der Waals surface area contributed by atoms with Gasteiger partial charge in [0.15, 0.2) is 0 Å². The number of carboxylic acids is 1. The number of hydrogen-bond donors (Lipinski definition) is 2. The summed E-state index contributed by atoms with van der Waals surface area (Å²) in [5.74, 6) is -1.41. The molecule has 0 heterocycles. The van der Waals surface area contributed by atoms with Gasteiger partial charge in [-0.05, 0) is 46.5 Å². The minimum Gasteiger partial charge on any atom is -0.480 e. The Bertz CT molecular complexity index is 447. The number of nitrogens with one attached hydrogen (secondary N) is 1. The highest BCUT2D eigenvalue weighted by molar-refractivity contribution is 9.10. The Balaban J connectivity index is 2.17. The van der Waals surface area contributed by atoms with Gasteiger partial charge in [-0.15, -0.1) is 0 Å². The Hall–Kier alpha value is -0.940. The Morgan fingerprint density at radius 2 is 2.11 bits per heavy atom. The topological polar surface area (TPSA) is 49.3 Å². The van der Waals surface area contributed by atoms with Gasteiger partial charge in [0.25, 0.3) is 0 Å². The first-order chi connectivity index (χ1) is 8.58. The smallest absolute Gasteiger partial charge is 0.325 e. The summed E-state index contributed by atoms with van der Waals surface area (Å²) in [7, 11) is 0. The molecular formula is C13H15BrFNO2. The Morgan fingerprint density at radius 1 is 1.44 bits per heavy atom. The van der Waals surface area contributed by atoms with Crippen molar-refractivity contribution in [2.45, 2.75) is 37.8 Å². The molecule has 0 spiro atoms. The fourth-order valence-electron chi connectivity index (χ4n) is 2.33. The Kier molecular flexibility index (Phi) is 4.35. The van der Waals surface area contributed by atoms with Crippen LogP contribution in [0.15, 0.2) is 22.7 Å². The van der Waals surface area contributed by atoms with E-state index in [1.165, 1.54) is 12.1 Å². The van der Waals surface area contributed by atoms with Crippen LogP contribution in [0.2, 0.25) is 0 Å². The molecule has 1 unspecified atom stereocenters. The van der Waals surface area contributed by atoms with Gasteiger partial charge in [-0.1, -0.05) is 18.9 Å². The molecule has 0 aromatic heterocycles. The number of aliphatic carboxylic acids is 1. The van der Waals surface area contributed by atoms with Gasteiger partial charge in [0, 0.05) is 6.04 Å². The zero-order chi connectivity index (χ0) is 13.1. The minimum absolute atomic E-state index is 0.220. The second-order valence-corrected chi connectivity index (χ2v) is 5.45. The van der Waals surface area contributed by atoms with Crippen molar-refractivity contribution in [1.82, 2.24) is 5.32 Å². The van der Waals surface area contributed by atoms with Crippen LogP contribution in [0.1, 0.15) is 37.3 Å². The summed E-state index contributed by atoms with van der Waals surface area (Å²) >= 11 is 3.06. The second kappa shape index (κ2) is 5.80. The van der Waals surface area contributed by atoms with Crippen LogP contribution in [0.25, 0.3) is 0 Å². The molecule has 18 heavy (non-hydrogen) atoms. The molecule has 3 nitrogen and oxygen atoms in total. The molecule has 1 aromatic carbocycles. The summed E-state index contributed by atoms with van der Waals surface area (Å²) in [5, 5.41) is 12.3. The van der Waals surface area contributed by atoms with E-state index in [1.54, 1.807) is 6.07 Å². The molecular weight excluding hydrogens is 301 g/mol.